The Morgan fingerprint density at radius 3 is 0.831 bits per heavy atom. The van der Waals surface area contributed by atoms with Gasteiger partial charge in [-0.2, -0.15) is 0 Å². The fraction of sp³-hybridized carbons (Fsp3) is 0.943. The Kier molecular flexibility index (Phi) is 46.2. The standard InChI is InChI=1S/C53H102O6/c1-5-7-9-11-13-15-17-18-19-20-21-22-25-29-33-37-41-45-52(55)58-48-50(47-57-51(54)44-40-36-32-28-16-14-12-10-8-6-2)59-53(56)46-42-38-34-30-26-23-24-27-31-35-39-43-49(3)4/h49-50H,5-48H2,1-4H3/t50-/m1/s1. The van der Waals surface area contributed by atoms with Crippen molar-refractivity contribution in [2.75, 3.05) is 13.2 Å². The van der Waals surface area contributed by atoms with Gasteiger partial charge in [0.15, 0.2) is 6.10 Å². The van der Waals surface area contributed by atoms with Crippen LogP contribution in [0.15, 0.2) is 0 Å². The summed E-state index contributed by atoms with van der Waals surface area (Å²) in [4.78, 5) is 37.9. The van der Waals surface area contributed by atoms with Gasteiger partial charge in [0.2, 0.25) is 0 Å². The second-order valence-electron chi connectivity index (χ2n) is 18.6. The molecule has 0 aliphatic rings. The Balaban J connectivity index is 4.26. The van der Waals surface area contributed by atoms with E-state index in [1.165, 1.54) is 193 Å². The third-order valence-corrected chi connectivity index (χ3v) is 12.0. The van der Waals surface area contributed by atoms with Gasteiger partial charge in [-0.05, 0) is 25.2 Å². The van der Waals surface area contributed by atoms with E-state index in [0.29, 0.717) is 19.3 Å². The summed E-state index contributed by atoms with van der Waals surface area (Å²) in [5, 5.41) is 0. The fourth-order valence-electron chi connectivity index (χ4n) is 8.04. The second-order valence-corrected chi connectivity index (χ2v) is 18.6. The Morgan fingerprint density at radius 2 is 0.559 bits per heavy atom. The predicted molar refractivity (Wildman–Crippen MR) is 252 cm³/mol. The molecule has 0 saturated carbocycles. The van der Waals surface area contributed by atoms with Gasteiger partial charge in [-0.1, -0.05) is 259 Å². The highest BCUT2D eigenvalue weighted by molar-refractivity contribution is 5.71. The largest absolute Gasteiger partial charge is 0.462 e. The molecule has 0 N–H and O–H groups in total. The maximum absolute atomic E-state index is 12.8. The summed E-state index contributed by atoms with van der Waals surface area (Å²) in [6.45, 7) is 9.02. The minimum Gasteiger partial charge on any atom is -0.462 e. The molecule has 0 aliphatic carbocycles. The molecule has 0 spiro atoms. The van der Waals surface area contributed by atoms with Crippen LogP contribution in [0, 0.1) is 5.92 Å². The van der Waals surface area contributed by atoms with Crippen molar-refractivity contribution in [2.45, 2.75) is 303 Å². The molecule has 0 amide bonds. The number of carbonyl (C=O) groups is 3. The van der Waals surface area contributed by atoms with Crippen LogP contribution in [0.4, 0.5) is 0 Å². The fourth-order valence-corrected chi connectivity index (χ4v) is 8.04. The van der Waals surface area contributed by atoms with E-state index in [0.717, 1.165) is 63.7 Å². The lowest BCUT2D eigenvalue weighted by Gasteiger charge is -2.18. The van der Waals surface area contributed by atoms with Gasteiger partial charge in [-0.25, -0.2) is 0 Å². The maximum atomic E-state index is 12.8. The number of rotatable bonds is 48. The number of hydrogen-bond donors (Lipinski definition) is 0. The van der Waals surface area contributed by atoms with E-state index in [1.54, 1.807) is 0 Å². The normalized spacial score (nSPS) is 11.9. The minimum atomic E-state index is -0.760. The molecule has 0 aliphatic heterocycles. The lowest BCUT2D eigenvalue weighted by atomic mass is 10.0. The van der Waals surface area contributed by atoms with Crippen molar-refractivity contribution in [1.82, 2.24) is 0 Å². The molecule has 0 heterocycles. The molecule has 0 bridgehead atoms. The highest BCUT2D eigenvalue weighted by atomic mass is 16.6. The second kappa shape index (κ2) is 47.5. The smallest absolute Gasteiger partial charge is 0.306 e. The first kappa shape index (κ1) is 57.4. The van der Waals surface area contributed by atoms with Gasteiger partial charge < -0.3 is 14.2 Å². The summed E-state index contributed by atoms with van der Waals surface area (Å²) in [7, 11) is 0. The van der Waals surface area contributed by atoms with Crippen LogP contribution in [0.5, 0.6) is 0 Å². The third-order valence-electron chi connectivity index (χ3n) is 12.0. The zero-order valence-electron chi connectivity index (χ0n) is 40.2. The molecular weight excluding hydrogens is 733 g/mol. The van der Waals surface area contributed by atoms with Crippen LogP contribution in [0.3, 0.4) is 0 Å². The van der Waals surface area contributed by atoms with Gasteiger partial charge in [0.1, 0.15) is 13.2 Å². The quantitative estimate of drug-likeness (QED) is 0.0345. The number of carbonyl (C=O) groups excluding carboxylic acids is 3. The molecule has 0 aromatic heterocycles. The van der Waals surface area contributed by atoms with Crippen molar-refractivity contribution < 1.29 is 28.6 Å². The average Bonchev–Trinajstić information content (AvgIpc) is 3.22. The van der Waals surface area contributed by atoms with Crippen molar-refractivity contribution in [3.63, 3.8) is 0 Å². The first-order valence-electron chi connectivity index (χ1n) is 26.4. The molecule has 6 heteroatoms. The zero-order valence-corrected chi connectivity index (χ0v) is 40.2. The van der Waals surface area contributed by atoms with E-state index in [2.05, 4.69) is 27.7 Å². The summed E-state index contributed by atoms with van der Waals surface area (Å²) < 4.78 is 16.8. The van der Waals surface area contributed by atoms with Crippen molar-refractivity contribution in [3.05, 3.63) is 0 Å². The van der Waals surface area contributed by atoms with Gasteiger partial charge in [-0.15, -0.1) is 0 Å². The lowest BCUT2D eigenvalue weighted by molar-refractivity contribution is -0.167. The van der Waals surface area contributed by atoms with Crippen LogP contribution in [0.1, 0.15) is 297 Å². The molecular formula is C53H102O6. The lowest BCUT2D eigenvalue weighted by Crippen LogP contribution is -2.30. The Hall–Kier alpha value is -1.59. The molecule has 1 atom stereocenters. The maximum Gasteiger partial charge on any atom is 0.306 e. The Labute approximate surface area is 368 Å². The van der Waals surface area contributed by atoms with Crippen molar-refractivity contribution in [2.24, 2.45) is 5.92 Å². The molecule has 0 radical (unpaired) electrons. The molecule has 0 rings (SSSR count). The predicted octanol–water partition coefficient (Wildman–Crippen LogP) is 17.1. The SMILES string of the molecule is CCCCCCCCCCCCCCCCCCCC(=O)OC[C@@H](COC(=O)CCCCCCCCCCCC)OC(=O)CCCCCCCCCCCCCC(C)C. The van der Waals surface area contributed by atoms with Crippen molar-refractivity contribution in [3.8, 4) is 0 Å². The molecule has 0 aromatic carbocycles. The molecule has 0 saturated heterocycles. The monoisotopic (exact) mass is 835 g/mol. The molecule has 6 nitrogen and oxygen atoms in total. The van der Waals surface area contributed by atoms with Gasteiger partial charge in [0, 0.05) is 19.3 Å². The molecule has 0 unspecified atom stereocenters. The highest BCUT2D eigenvalue weighted by Crippen LogP contribution is 2.17. The molecule has 350 valence electrons. The summed E-state index contributed by atoms with van der Waals surface area (Å²) in [6.07, 6.45) is 49.5. The van der Waals surface area contributed by atoms with E-state index in [1.807, 2.05) is 0 Å². The number of unbranched alkanes of at least 4 members (excludes halogenated alkanes) is 35. The van der Waals surface area contributed by atoms with Crippen LogP contribution in [-0.2, 0) is 28.6 Å². The first-order chi connectivity index (χ1) is 28.9. The molecule has 0 aromatic rings. The van der Waals surface area contributed by atoms with Gasteiger partial charge >= 0.3 is 17.9 Å². The van der Waals surface area contributed by atoms with E-state index >= 15 is 0 Å². The van der Waals surface area contributed by atoms with Crippen molar-refractivity contribution in [1.29, 1.82) is 0 Å². The third kappa shape index (κ3) is 47.3. The summed E-state index contributed by atoms with van der Waals surface area (Å²) in [5.41, 5.74) is 0. The van der Waals surface area contributed by atoms with E-state index in [-0.39, 0.29) is 31.1 Å². The number of hydrogen-bond acceptors (Lipinski definition) is 6. The first-order valence-corrected chi connectivity index (χ1v) is 26.4. The minimum absolute atomic E-state index is 0.0627. The van der Waals surface area contributed by atoms with E-state index in [4.69, 9.17) is 14.2 Å². The van der Waals surface area contributed by atoms with Crippen molar-refractivity contribution >= 4 is 17.9 Å². The topological polar surface area (TPSA) is 78.9 Å². The molecule has 0 fully saturated rings. The highest BCUT2D eigenvalue weighted by Gasteiger charge is 2.19. The van der Waals surface area contributed by atoms with Gasteiger partial charge in [0.05, 0.1) is 0 Å². The van der Waals surface area contributed by atoms with Crippen LogP contribution < -0.4 is 0 Å². The van der Waals surface area contributed by atoms with Gasteiger partial charge in [-0.3, -0.25) is 14.4 Å². The van der Waals surface area contributed by atoms with Crippen LogP contribution >= 0.6 is 0 Å². The Bertz CT molecular complexity index is 887. The summed E-state index contributed by atoms with van der Waals surface area (Å²) in [6, 6.07) is 0. The number of esters is 3. The van der Waals surface area contributed by atoms with E-state index < -0.39 is 6.10 Å². The molecule has 59 heavy (non-hydrogen) atoms. The average molecular weight is 835 g/mol. The summed E-state index contributed by atoms with van der Waals surface area (Å²) in [5.74, 6) is -0.0199. The zero-order chi connectivity index (χ0) is 43.1. The van der Waals surface area contributed by atoms with Crippen LogP contribution in [-0.4, -0.2) is 37.2 Å². The summed E-state index contributed by atoms with van der Waals surface area (Å²) >= 11 is 0. The number of ether oxygens (including phenoxy) is 3. The van der Waals surface area contributed by atoms with E-state index in [9.17, 15) is 14.4 Å². The van der Waals surface area contributed by atoms with Crippen LogP contribution in [0.25, 0.3) is 0 Å². The van der Waals surface area contributed by atoms with Gasteiger partial charge in [0.25, 0.3) is 0 Å². The Morgan fingerprint density at radius 1 is 0.322 bits per heavy atom. The van der Waals surface area contributed by atoms with Crippen LogP contribution in [0.2, 0.25) is 0 Å².